The van der Waals surface area contributed by atoms with Crippen LogP contribution >= 0.6 is 0 Å². The van der Waals surface area contributed by atoms with Gasteiger partial charge in [0.1, 0.15) is 12.1 Å². The molecule has 0 aliphatic carbocycles. The van der Waals surface area contributed by atoms with Gasteiger partial charge in [-0.15, -0.1) is 0 Å². The number of carboxylic acids is 3. The van der Waals surface area contributed by atoms with Crippen molar-refractivity contribution in [3.8, 4) is 0 Å². The number of aliphatic carboxylic acids is 3. The van der Waals surface area contributed by atoms with Crippen molar-refractivity contribution in [2.75, 3.05) is 19.6 Å². The summed E-state index contributed by atoms with van der Waals surface area (Å²) >= 11 is 0. The van der Waals surface area contributed by atoms with Crippen LogP contribution in [0.3, 0.4) is 0 Å². The number of nitrogens with two attached hydrogens (primary N) is 4. The van der Waals surface area contributed by atoms with Gasteiger partial charge in [0, 0.05) is 6.54 Å². The topological polar surface area (TPSA) is 240 Å². The van der Waals surface area contributed by atoms with Crippen LogP contribution in [0.15, 0.2) is 4.99 Å². The number of guanidine groups is 1. The molecule has 2 atom stereocenters. The Morgan fingerprint density at radius 2 is 1.76 bits per heavy atom. The first-order valence-corrected chi connectivity index (χ1v) is 7.53. The number of nitrogens with zero attached hydrogens (tertiary/aromatic N) is 1. The third kappa shape index (κ3) is 17.7. The molecule has 1 aliphatic rings. The fourth-order valence-corrected chi connectivity index (χ4v) is 1.54. The molecule has 0 aromatic heterocycles. The summed E-state index contributed by atoms with van der Waals surface area (Å²) in [5, 5.41) is 27.2. The zero-order chi connectivity index (χ0) is 19.8. The molecular weight excluding hydrogens is 336 g/mol. The van der Waals surface area contributed by atoms with Crippen molar-refractivity contribution in [1.29, 1.82) is 0 Å². The van der Waals surface area contributed by atoms with Crippen LogP contribution in [0.1, 0.15) is 25.7 Å². The van der Waals surface area contributed by atoms with E-state index in [1.807, 2.05) is 0 Å². The molecule has 12 nitrogen and oxygen atoms in total. The largest absolute Gasteiger partial charge is 0.480 e. The molecule has 0 aromatic carbocycles. The van der Waals surface area contributed by atoms with Gasteiger partial charge in [-0.1, -0.05) is 0 Å². The number of carbonyl (C=O) groups is 3. The van der Waals surface area contributed by atoms with Gasteiger partial charge in [-0.05, 0) is 32.2 Å². The van der Waals surface area contributed by atoms with Crippen molar-refractivity contribution in [1.82, 2.24) is 5.32 Å². The summed E-state index contributed by atoms with van der Waals surface area (Å²) in [5.41, 5.74) is 19.9. The Bertz CT molecular complexity index is 435. The van der Waals surface area contributed by atoms with Crippen LogP contribution in [-0.4, -0.2) is 70.9 Å². The molecule has 146 valence electrons. The molecule has 1 rings (SSSR count). The third-order valence-corrected chi connectivity index (χ3v) is 2.82. The summed E-state index contributed by atoms with van der Waals surface area (Å²) < 4.78 is 0. The van der Waals surface area contributed by atoms with Crippen LogP contribution in [0, 0.1) is 0 Å². The SMILES string of the molecule is NC(N)=NCCC[C@H](N)C(=O)O.NCC(=O)O.O=C(O)[C@@H]1CCCN1. The van der Waals surface area contributed by atoms with Crippen LogP contribution < -0.4 is 28.3 Å². The first-order chi connectivity index (χ1) is 11.6. The Morgan fingerprint density at radius 1 is 1.20 bits per heavy atom. The van der Waals surface area contributed by atoms with Crippen LogP contribution in [0.25, 0.3) is 0 Å². The number of rotatable bonds is 7. The summed E-state index contributed by atoms with van der Waals surface area (Å²) in [6, 6.07) is -1.09. The maximum absolute atomic E-state index is 10.2. The predicted molar refractivity (Wildman–Crippen MR) is 90.9 cm³/mol. The summed E-state index contributed by atoms with van der Waals surface area (Å²) in [7, 11) is 0. The minimum Gasteiger partial charge on any atom is -0.480 e. The molecule has 0 saturated carbocycles. The lowest BCUT2D eigenvalue weighted by Crippen LogP contribution is -2.30. The fourth-order valence-electron chi connectivity index (χ4n) is 1.54. The van der Waals surface area contributed by atoms with Crippen LogP contribution in [-0.2, 0) is 14.4 Å². The van der Waals surface area contributed by atoms with Crippen LogP contribution in [0.5, 0.6) is 0 Å². The quantitative estimate of drug-likeness (QED) is 0.131. The summed E-state index contributed by atoms with van der Waals surface area (Å²) in [6.45, 7) is 1.00. The van der Waals surface area contributed by atoms with Crippen molar-refractivity contribution in [2.24, 2.45) is 27.9 Å². The van der Waals surface area contributed by atoms with Gasteiger partial charge in [0.25, 0.3) is 0 Å². The molecule has 0 bridgehead atoms. The molecule has 0 aromatic rings. The van der Waals surface area contributed by atoms with E-state index in [4.69, 9.17) is 32.5 Å². The van der Waals surface area contributed by atoms with E-state index in [0.717, 1.165) is 19.4 Å². The standard InChI is InChI=1S/C6H14N4O2.C5H9NO2.C2H5NO2/c7-4(5(11)12)2-1-3-10-6(8)9;7-5(8)4-2-1-3-6-4;3-1-2(4)5/h4H,1-3,7H2,(H,11,12)(H4,8,9,10);4,6H,1-3H2,(H,7,8);1,3H2,(H,4,5)/t2*4-;/m00./s1. The number of hydrogen-bond acceptors (Lipinski definition) is 7. The molecule has 0 unspecified atom stereocenters. The first kappa shape index (κ1) is 24.8. The van der Waals surface area contributed by atoms with E-state index in [1.165, 1.54) is 0 Å². The maximum atomic E-state index is 10.2. The highest BCUT2D eigenvalue weighted by atomic mass is 16.4. The van der Waals surface area contributed by atoms with E-state index >= 15 is 0 Å². The molecule has 1 fully saturated rings. The second-order valence-electron chi connectivity index (χ2n) is 4.98. The second-order valence-corrected chi connectivity index (χ2v) is 4.98. The Hall–Kier alpha value is -2.44. The Balaban J connectivity index is 0. The highest BCUT2D eigenvalue weighted by molar-refractivity contribution is 5.75. The fraction of sp³-hybridized carbons (Fsp3) is 0.692. The molecule has 0 radical (unpaired) electrons. The molecular formula is C13H28N6O6. The Kier molecular flexibility index (Phi) is 15.0. The number of nitrogens with one attached hydrogen (secondary N) is 1. The van der Waals surface area contributed by atoms with E-state index in [2.05, 4.69) is 16.0 Å². The van der Waals surface area contributed by atoms with Gasteiger partial charge >= 0.3 is 17.9 Å². The van der Waals surface area contributed by atoms with Gasteiger partial charge in [0.2, 0.25) is 0 Å². The summed E-state index contributed by atoms with van der Waals surface area (Å²) in [5.74, 6) is -2.67. The van der Waals surface area contributed by atoms with Crippen molar-refractivity contribution in [3.05, 3.63) is 0 Å². The van der Waals surface area contributed by atoms with Crippen molar-refractivity contribution >= 4 is 23.9 Å². The summed E-state index contributed by atoms with van der Waals surface area (Å²) in [6.07, 6.45) is 2.74. The van der Waals surface area contributed by atoms with Gasteiger partial charge < -0.3 is 43.6 Å². The Labute approximate surface area is 145 Å². The van der Waals surface area contributed by atoms with Gasteiger partial charge in [0.05, 0.1) is 6.54 Å². The maximum Gasteiger partial charge on any atom is 0.320 e. The smallest absolute Gasteiger partial charge is 0.320 e. The lowest BCUT2D eigenvalue weighted by atomic mass is 10.2. The highest BCUT2D eigenvalue weighted by Gasteiger charge is 2.20. The molecule has 1 aliphatic heterocycles. The molecule has 12 N–H and O–H groups in total. The number of hydrogen-bond donors (Lipinski definition) is 8. The zero-order valence-corrected chi connectivity index (χ0v) is 13.9. The monoisotopic (exact) mass is 364 g/mol. The highest BCUT2D eigenvalue weighted by Crippen LogP contribution is 2.03. The number of aliphatic imine (C=N–C) groups is 1. The molecule has 1 saturated heterocycles. The first-order valence-electron chi connectivity index (χ1n) is 7.53. The lowest BCUT2D eigenvalue weighted by molar-refractivity contribution is -0.139. The Morgan fingerprint density at radius 3 is 2.04 bits per heavy atom. The average molecular weight is 364 g/mol. The predicted octanol–water partition coefficient (Wildman–Crippen LogP) is -2.70. The van der Waals surface area contributed by atoms with E-state index in [1.54, 1.807) is 0 Å². The van der Waals surface area contributed by atoms with Gasteiger partial charge in [-0.25, -0.2) is 0 Å². The van der Waals surface area contributed by atoms with Crippen molar-refractivity contribution in [3.63, 3.8) is 0 Å². The van der Waals surface area contributed by atoms with Gasteiger partial charge in [-0.3, -0.25) is 19.4 Å². The minimum absolute atomic E-state index is 0.0129. The van der Waals surface area contributed by atoms with E-state index < -0.39 is 23.9 Å². The summed E-state index contributed by atoms with van der Waals surface area (Å²) in [4.78, 5) is 33.3. The minimum atomic E-state index is -1.00. The van der Waals surface area contributed by atoms with Gasteiger partial charge in [-0.2, -0.15) is 0 Å². The molecule has 25 heavy (non-hydrogen) atoms. The molecule has 1 heterocycles. The molecule has 0 amide bonds. The zero-order valence-electron chi connectivity index (χ0n) is 13.9. The molecule has 12 heteroatoms. The lowest BCUT2D eigenvalue weighted by Gasteiger charge is -2.03. The van der Waals surface area contributed by atoms with E-state index in [9.17, 15) is 14.4 Å². The average Bonchev–Trinajstić information content (AvgIpc) is 3.07. The normalized spacial score (nSPS) is 16.3. The second kappa shape index (κ2) is 15.1. The third-order valence-electron chi connectivity index (χ3n) is 2.82. The van der Waals surface area contributed by atoms with Crippen molar-refractivity contribution in [2.45, 2.75) is 37.8 Å². The van der Waals surface area contributed by atoms with Crippen molar-refractivity contribution < 1.29 is 29.7 Å². The molecule has 0 spiro atoms. The number of carboxylic acid groups (broad SMARTS) is 3. The van der Waals surface area contributed by atoms with Crippen LogP contribution in [0.2, 0.25) is 0 Å². The van der Waals surface area contributed by atoms with E-state index in [-0.39, 0.29) is 18.5 Å². The van der Waals surface area contributed by atoms with Crippen LogP contribution in [0.4, 0.5) is 0 Å². The van der Waals surface area contributed by atoms with Gasteiger partial charge in [0.15, 0.2) is 5.96 Å². The van der Waals surface area contributed by atoms with E-state index in [0.29, 0.717) is 19.4 Å².